The van der Waals surface area contributed by atoms with Crippen LogP contribution in [0.15, 0.2) is 24.3 Å². The molecule has 128 valence electrons. The number of hydrogen-bond donors (Lipinski definition) is 1. The molecule has 0 radical (unpaired) electrons. The average Bonchev–Trinajstić information content (AvgIpc) is 2.57. The molecule has 0 saturated carbocycles. The lowest BCUT2D eigenvalue weighted by Gasteiger charge is -2.33. The molecule has 1 N–H and O–H groups in total. The van der Waals surface area contributed by atoms with Crippen molar-refractivity contribution in [3.05, 3.63) is 29.3 Å². The summed E-state index contributed by atoms with van der Waals surface area (Å²) in [7, 11) is 0. The molecule has 1 aliphatic rings. The molecule has 2 rings (SSSR count). The first-order valence-corrected chi connectivity index (χ1v) is 8.24. The van der Waals surface area contributed by atoms with Crippen molar-refractivity contribution in [1.29, 1.82) is 5.26 Å². The van der Waals surface area contributed by atoms with Gasteiger partial charge >= 0.3 is 0 Å². The van der Waals surface area contributed by atoms with Crippen LogP contribution in [0, 0.1) is 11.3 Å². The number of piperidine rings is 1. The molecule has 1 unspecified atom stereocenters. The van der Waals surface area contributed by atoms with Crippen LogP contribution in [0.5, 0.6) is 5.75 Å². The van der Waals surface area contributed by atoms with Gasteiger partial charge in [-0.3, -0.25) is 9.59 Å². The molecule has 1 fully saturated rings. The van der Waals surface area contributed by atoms with Crippen LogP contribution in [-0.4, -0.2) is 41.9 Å². The van der Waals surface area contributed by atoms with E-state index >= 15 is 0 Å². The van der Waals surface area contributed by atoms with E-state index in [9.17, 15) is 9.59 Å². The molecule has 24 heavy (non-hydrogen) atoms. The zero-order chi connectivity index (χ0) is 17.5. The maximum Gasteiger partial charge on any atom is 0.263 e. The number of ether oxygens (including phenoxy) is 1. The van der Waals surface area contributed by atoms with Gasteiger partial charge in [0, 0.05) is 24.2 Å². The average molecular weight is 350 g/mol. The Morgan fingerprint density at radius 3 is 2.58 bits per heavy atom. The van der Waals surface area contributed by atoms with Crippen molar-refractivity contribution in [2.24, 2.45) is 0 Å². The Hall–Kier alpha value is -2.26. The Bertz CT molecular complexity index is 619. The number of halogens is 1. The summed E-state index contributed by atoms with van der Waals surface area (Å²) < 4.78 is 5.65. The fraction of sp³-hybridized carbons (Fsp3) is 0.471. The SMILES string of the molecule is CC(Oc1ccc(Cl)cc1)C(=O)N1CCC(NC(=O)CC#N)CC1. The normalized spacial score (nSPS) is 16.1. The molecule has 7 heteroatoms. The lowest BCUT2D eigenvalue weighted by molar-refractivity contribution is -0.139. The van der Waals surface area contributed by atoms with Crippen molar-refractivity contribution in [3.63, 3.8) is 0 Å². The number of likely N-dealkylation sites (tertiary alicyclic amines) is 1. The first-order chi connectivity index (χ1) is 11.5. The largest absolute Gasteiger partial charge is 0.481 e. The third kappa shape index (κ3) is 5.14. The second-order valence-electron chi connectivity index (χ2n) is 5.72. The van der Waals surface area contributed by atoms with Gasteiger partial charge < -0.3 is 15.0 Å². The Labute approximate surface area is 146 Å². The van der Waals surface area contributed by atoms with Crippen molar-refractivity contribution >= 4 is 23.4 Å². The summed E-state index contributed by atoms with van der Waals surface area (Å²) in [5.74, 6) is 0.257. The third-order valence-corrected chi connectivity index (χ3v) is 4.14. The maximum absolute atomic E-state index is 12.4. The van der Waals surface area contributed by atoms with Crippen LogP contribution in [0.1, 0.15) is 26.2 Å². The summed E-state index contributed by atoms with van der Waals surface area (Å²) in [6, 6.07) is 8.71. The molecule has 1 aromatic carbocycles. The molecule has 0 bridgehead atoms. The number of carbonyl (C=O) groups excluding carboxylic acids is 2. The highest BCUT2D eigenvalue weighted by atomic mass is 35.5. The van der Waals surface area contributed by atoms with Gasteiger partial charge in [-0.15, -0.1) is 0 Å². The summed E-state index contributed by atoms with van der Waals surface area (Å²) in [5, 5.41) is 11.9. The smallest absolute Gasteiger partial charge is 0.263 e. The number of rotatable bonds is 5. The van der Waals surface area contributed by atoms with Crippen LogP contribution in [0.25, 0.3) is 0 Å². The van der Waals surface area contributed by atoms with Gasteiger partial charge in [0.2, 0.25) is 5.91 Å². The standard InChI is InChI=1S/C17H20ClN3O3/c1-12(24-15-4-2-13(18)3-5-15)17(23)21-10-7-14(8-11-21)20-16(22)6-9-19/h2-5,12,14H,6-8,10-11H2,1H3,(H,20,22). The van der Waals surface area contributed by atoms with Crippen LogP contribution in [0.2, 0.25) is 5.02 Å². The molecule has 1 atom stereocenters. The van der Waals surface area contributed by atoms with Crippen molar-refractivity contribution < 1.29 is 14.3 Å². The molecule has 2 amide bonds. The van der Waals surface area contributed by atoms with Crippen molar-refractivity contribution in [1.82, 2.24) is 10.2 Å². The lowest BCUT2D eigenvalue weighted by atomic mass is 10.0. The fourth-order valence-electron chi connectivity index (χ4n) is 2.62. The van der Waals surface area contributed by atoms with Crippen molar-refractivity contribution in [2.45, 2.75) is 38.3 Å². The lowest BCUT2D eigenvalue weighted by Crippen LogP contribution is -2.49. The second kappa shape index (κ2) is 8.55. The number of hydrogen-bond acceptors (Lipinski definition) is 4. The summed E-state index contributed by atoms with van der Waals surface area (Å²) in [5.41, 5.74) is 0. The van der Waals surface area contributed by atoms with E-state index in [1.807, 2.05) is 6.07 Å². The van der Waals surface area contributed by atoms with Crippen LogP contribution in [0.3, 0.4) is 0 Å². The van der Waals surface area contributed by atoms with Crippen molar-refractivity contribution in [3.8, 4) is 11.8 Å². The molecule has 6 nitrogen and oxygen atoms in total. The number of nitrogens with zero attached hydrogens (tertiary/aromatic N) is 2. The zero-order valence-electron chi connectivity index (χ0n) is 13.5. The summed E-state index contributed by atoms with van der Waals surface area (Å²) in [6.45, 7) is 2.84. The Morgan fingerprint density at radius 1 is 1.38 bits per heavy atom. The highest BCUT2D eigenvalue weighted by molar-refractivity contribution is 6.30. The number of nitrogens with one attached hydrogen (secondary N) is 1. The molecule has 1 saturated heterocycles. The van der Waals surface area contributed by atoms with E-state index in [1.54, 1.807) is 36.1 Å². The van der Waals surface area contributed by atoms with E-state index in [0.29, 0.717) is 36.7 Å². The predicted octanol–water partition coefficient (Wildman–Crippen LogP) is 2.13. The Kier molecular flexibility index (Phi) is 6.44. The summed E-state index contributed by atoms with van der Waals surface area (Å²) >= 11 is 5.82. The second-order valence-corrected chi connectivity index (χ2v) is 6.15. The molecule has 1 heterocycles. The van der Waals surface area contributed by atoms with E-state index in [2.05, 4.69) is 5.32 Å². The van der Waals surface area contributed by atoms with Gasteiger partial charge in [-0.05, 0) is 44.0 Å². The monoisotopic (exact) mass is 349 g/mol. The minimum atomic E-state index is -0.587. The minimum absolute atomic E-state index is 0.0161. The maximum atomic E-state index is 12.4. The summed E-state index contributed by atoms with van der Waals surface area (Å²) in [4.78, 5) is 25.6. The van der Waals surface area contributed by atoms with Crippen LogP contribution in [0.4, 0.5) is 0 Å². The number of benzene rings is 1. The van der Waals surface area contributed by atoms with E-state index in [1.165, 1.54) is 0 Å². The van der Waals surface area contributed by atoms with E-state index in [0.717, 1.165) is 0 Å². The van der Waals surface area contributed by atoms with E-state index < -0.39 is 6.10 Å². The van der Waals surface area contributed by atoms with Crippen molar-refractivity contribution in [2.75, 3.05) is 13.1 Å². The zero-order valence-corrected chi connectivity index (χ0v) is 14.3. The van der Waals surface area contributed by atoms with Gasteiger partial charge in [0.25, 0.3) is 5.91 Å². The molecule has 1 aromatic rings. The van der Waals surface area contributed by atoms with Gasteiger partial charge in [0.05, 0.1) is 6.07 Å². The topological polar surface area (TPSA) is 82.4 Å². The van der Waals surface area contributed by atoms with E-state index in [4.69, 9.17) is 21.6 Å². The minimum Gasteiger partial charge on any atom is -0.481 e. The Balaban J connectivity index is 1.80. The molecular formula is C17H20ClN3O3. The molecule has 0 aromatic heterocycles. The van der Waals surface area contributed by atoms with Crippen LogP contribution >= 0.6 is 11.6 Å². The highest BCUT2D eigenvalue weighted by Gasteiger charge is 2.27. The Morgan fingerprint density at radius 2 is 2.00 bits per heavy atom. The van der Waals surface area contributed by atoms with Crippen LogP contribution in [-0.2, 0) is 9.59 Å². The molecule has 0 aliphatic carbocycles. The summed E-state index contributed by atoms with van der Waals surface area (Å²) in [6.07, 6.45) is 0.633. The quantitative estimate of drug-likeness (QED) is 0.882. The molecule has 0 spiro atoms. The first-order valence-electron chi connectivity index (χ1n) is 7.87. The predicted molar refractivity (Wildman–Crippen MR) is 89.5 cm³/mol. The molecule has 1 aliphatic heterocycles. The van der Waals surface area contributed by atoms with Gasteiger partial charge in [0.15, 0.2) is 6.10 Å². The van der Waals surface area contributed by atoms with Gasteiger partial charge in [0.1, 0.15) is 12.2 Å². The van der Waals surface area contributed by atoms with E-state index in [-0.39, 0.29) is 24.3 Å². The number of amides is 2. The fourth-order valence-corrected chi connectivity index (χ4v) is 2.75. The number of carbonyl (C=O) groups is 2. The third-order valence-electron chi connectivity index (χ3n) is 3.89. The van der Waals surface area contributed by atoms with Gasteiger partial charge in [-0.1, -0.05) is 11.6 Å². The molecular weight excluding hydrogens is 330 g/mol. The van der Waals surface area contributed by atoms with Gasteiger partial charge in [-0.25, -0.2) is 0 Å². The van der Waals surface area contributed by atoms with Gasteiger partial charge in [-0.2, -0.15) is 5.26 Å². The van der Waals surface area contributed by atoms with Crippen LogP contribution < -0.4 is 10.1 Å². The first kappa shape index (κ1) is 18.1. The highest BCUT2D eigenvalue weighted by Crippen LogP contribution is 2.18. The number of nitriles is 1.